The molecule has 0 atom stereocenters. The van der Waals surface area contributed by atoms with E-state index < -0.39 is 7.75 Å². The highest BCUT2D eigenvalue weighted by atomic mass is 31.2. The number of allylic oxidation sites excluding steroid dienone is 4. The van der Waals surface area contributed by atoms with Gasteiger partial charge in [0.25, 0.3) is 0 Å². The van der Waals surface area contributed by atoms with Gasteiger partial charge in [-0.25, -0.2) is 9.65 Å². The van der Waals surface area contributed by atoms with Crippen LogP contribution in [0.3, 0.4) is 0 Å². The molecule has 0 fully saturated rings. The van der Waals surface area contributed by atoms with Crippen molar-refractivity contribution in [2.45, 2.75) is 206 Å². The molecule has 0 radical (unpaired) electrons. The van der Waals surface area contributed by atoms with E-state index in [0.717, 1.165) is 54.2 Å². The van der Waals surface area contributed by atoms with Crippen molar-refractivity contribution in [1.82, 2.24) is 5.09 Å². The van der Waals surface area contributed by atoms with Gasteiger partial charge in [0, 0.05) is 19.4 Å². The number of rotatable bonds is 43. The summed E-state index contributed by atoms with van der Waals surface area (Å²) in [5, 5.41) is 3.24. The predicted octanol–water partition coefficient (Wildman–Crippen LogP) is 14.4. The average molecular weight is 784 g/mol. The molecule has 0 saturated heterocycles. The van der Waals surface area contributed by atoms with Crippen molar-refractivity contribution in [3.63, 3.8) is 0 Å². The first kappa shape index (κ1) is 53.5. The number of nitrogens with zero attached hydrogens (tertiary/aromatic N) is 2. The first-order chi connectivity index (χ1) is 26.0. The fourth-order valence-corrected chi connectivity index (χ4v) is 8.43. The summed E-state index contributed by atoms with van der Waals surface area (Å²) in [7, 11) is 8.10. The summed E-state index contributed by atoms with van der Waals surface area (Å²) in [6.07, 6.45) is 47.5. The van der Waals surface area contributed by atoms with Crippen molar-refractivity contribution in [2.75, 3.05) is 74.6 Å². The quantitative estimate of drug-likeness (QED) is 0.0290. The zero-order valence-electron chi connectivity index (χ0n) is 37.8. The number of nitrogens with one attached hydrogen (secondary N) is 1. The van der Waals surface area contributed by atoms with Gasteiger partial charge in [-0.3, -0.25) is 9.05 Å². The highest BCUT2D eigenvalue weighted by Crippen LogP contribution is 2.44. The SMILES string of the molecule is CCCCCCCC/C=C\CCCCCCCCOP(=O)(NCCC[N+](C)(C)CCC[N+](C)(C)C)OCCCCCCCC/C=C\CCCCCCCC. The van der Waals surface area contributed by atoms with E-state index in [1.54, 1.807) is 0 Å². The maximum Gasteiger partial charge on any atom is 0.405 e. The maximum absolute atomic E-state index is 13.8. The number of hydrogen-bond acceptors (Lipinski definition) is 3. The summed E-state index contributed by atoms with van der Waals surface area (Å²) in [5.74, 6) is 0. The van der Waals surface area contributed by atoms with Gasteiger partial charge in [0.15, 0.2) is 0 Å². The minimum absolute atomic E-state index is 0.505. The molecular formula is C47H98N3O3P+2. The molecule has 7 heteroatoms. The van der Waals surface area contributed by atoms with Crippen molar-refractivity contribution < 1.29 is 22.6 Å². The predicted molar refractivity (Wildman–Crippen MR) is 240 cm³/mol. The Hall–Kier alpha value is -0.490. The molecule has 0 bridgehead atoms. The van der Waals surface area contributed by atoms with Crippen LogP contribution in [-0.2, 0) is 13.6 Å². The van der Waals surface area contributed by atoms with Crippen LogP contribution in [0.15, 0.2) is 24.3 Å². The highest BCUT2D eigenvalue weighted by molar-refractivity contribution is 7.51. The Labute approximate surface area is 339 Å². The van der Waals surface area contributed by atoms with Crippen LogP contribution in [0.1, 0.15) is 206 Å². The van der Waals surface area contributed by atoms with Crippen LogP contribution in [-0.4, -0.2) is 83.6 Å². The lowest BCUT2D eigenvalue weighted by Gasteiger charge is -2.32. The molecule has 0 aromatic rings. The molecule has 54 heavy (non-hydrogen) atoms. The van der Waals surface area contributed by atoms with E-state index >= 15 is 0 Å². The summed E-state index contributed by atoms with van der Waals surface area (Å²) in [6, 6.07) is 0. The molecule has 0 amide bonds. The van der Waals surface area contributed by atoms with Gasteiger partial charge in [0.2, 0.25) is 0 Å². The lowest BCUT2D eigenvalue weighted by molar-refractivity contribution is -0.902. The van der Waals surface area contributed by atoms with Gasteiger partial charge in [-0.1, -0.05) is 154 Å². The summed E-state index contributed by atoms with van der Waals surface area (Å²) in [4.78, 5) is 0. The molecule has 0 aromatic carbocycles. The fourth-order valence-electron chi connectivity index (χ4n) is 7.01. The van der Waals surface area contributed by atoms with Crippen molar-refractivity contribution in [1.29, 1.82) is 0 Å². The second-order valence-electron chi connectivity index (χ2n) is 18.1. The monoisotopic (exact) mass is 784 g/mol. The molecule has 0 heterocycles. The molecule has 0 aromatic heterocycles. The maximum atomic E-state index is 13.8. The Bertz CT molecular complexity index is 838. The average Bonchev–Trinajstić information content (AvgIpc) is 3.12. The molecule has 0 rings (SSSR count). The van der Waals surface area contributed by atoms with Crippen molar-refractivity contribution in [3.05, 3.63) is 24.3 Å². The first-order valence-corrected chi connectivity index (χ1v) is 25.1. The van der Waals surface area contributed by atoms with Gasteiger partial charge < -0.3 is 8.97 Å². The molecule has 0 aliphatic rings. The minimum Gasteiger partial charge on any atom is -0.331 e. The zero-order chi connectivity index (χ0) is 39.9. The topological polar surface area (TPSA) is 47.6 Å². The fraction of sp³-hybridized carbons (Fsp3) is 0.915. The van der Waals surface area contributed by atoms with Gasteiger partial charge in [-0.05, 0) is 64.2 Å². The lowest BCUT2D eigenvalue weighted by atomic mass is 10.1. The molecule has 0 aliphatic carbocycles. The molecule has 0 unspecified atom stereocenters. The molecule has 322 valence electrons. The van der Waals surface area contributed by atoms with Crippen LogP contribution >= 0.6 is 7.75 Å². The van der Waals surface area contributed by atoms with Gasteiger partial charge >= 0.3 is 7.75 Å². The number of hydrogen-bond donors (Lipinski definition) is 1. The summed E-state index contributed by atoms with van der Waals surface area (Å²) < 4.78 is 27.8. The van der Waals surface area contributed by atoms with Crippen LogP contribution in [0.4, 0.5) is 0 Å². The molecule has 0 spiro atoms. The summed E-state index contributed by atoms with van der Waals surface area (Å²) in [6.45, 7) is 9.63. The van der Waals surface area contributed by atoms with Gasteiger partial charge in [-0.2, -0.15) is 0 Å². The van der Waals surface area contributed by atoms with Crippen LogP contribution < -0.4 is 5.09 Å². The van der Waals surface area contributed by atoms with E-state index in [1.165, 1.54) is 167 Å². The van der Waals surface area contributed by atoms with E-state index in [9.17, 15) is 4.57 Å². The molecule has 6 nitrogen and oxygen atoms in total. The van der Waals surface area contributed by atoms with Crippen molar-refractivity contribution in [3.8, 4) is 0 Å². The minimum atomic E-state index is -3.30. The van der Waals surface area contributed by atoms with E-state index in [-0.39, 0.29) is 0 Å². The zero-order valence-corrected chi connectivity index (χ0v) is 38.7. The second-order valence-corrected chi connectivity index (χ2v) is 19.9. The molecule has 0 aliphatic heterocycles. The Morgan fingerprint density at radius 3 is 1.13 bits per heavy atom. The smallest absolute Gasteiger partial charge is 0.331 e. The Balaban J connectivity index is 4.30. The second kappa shape index (κ2) is 38.1. The summed E-state index contributed by atoms with van der Waals surface area (Å²) >= 11 is 0. The Morgan fingerprint density at radius 2 is 0.759 bits per heavy atom. The normalized spacial score (nSPS) is 12.9. The van der Waals surface area contributed by atoms with Gasteiger partial charge in [0.1, 0.15) is 0 Å². The van der Waals surface area contributed by atoms with Gasteiger partial charge in [0.05, 0.1) is 68.1 Å². The van der Waals surface area contributed by atoms with Crippen LogP contribution in [0.5, 0.6) is 0 Å². The largest absolute Gasteiger partial charge is 0.405 e. The number of unbranched alkanes of at least 4 members (excludes halogenated alkanes) is 24. The molecule has 1 N–H and O–H groups in total. The van der Waals surface area contributed by atoms with Crippen LogP contribution in [0, 0.1) is 0 Å². The highest BCUT2D eigenvalue weighted by Gasteiger charge is 2.25. The van der Waals surface area contributed by atoms with Gasteiger partial charge in [-0.15, -0.1) is 0 Å². The van der Waals surface area contributed by atoms with Crippen molar-refractivity contribution in [2.24, 2.45) is 0 Å². The summed E-state index contributed by atoms with van der Waals surface area (Å²) in [5.41, 5.74) is 0. The number of quaternary nitrogens is 2. The van der Waals surface area contributed by atoms with E-state index in [2.05, 4.69) is 78.5 Å². The molecule has 0 saturated carbocycles. The van der Waals surface area contributed by atoms with E-state index in [0.29, 0.717) is 19.8 Å². The lowest BCUT2D eigenvalue weighted by Crippen LogP contribution is -2.44. The van der Waals surface area contributed by atoms with Crippen molar-refractivity contribution >= 4 is 7.75 Å². The third-order valence-electron chi connectivity index (χ3n) is 10.7. The van der Waals surface area contributed by atoms with Crippen LogP contribution in [0.25, 0.3) is 0 Å². The first-order valence-electron chi connectivity index (χ1n) is 23.6. The Kier molecular flexibility index (Phi) is 37.7. The third-order valence-corrected chi connectivity index (χ3v) is 12.3. The van der Waals surface area contributed by atoms with E-state index in [1.807, 2.05) is 0 Å². The standard InChI is InChI=1S/C47H98N3O3P/c1-8-10-12-14-16-18-20-22-24-26-28-30-32-34-36-38-46-52-54(51,48-42-40-44-50(6,7)45-41-43-49(3,4)5)53-47-39-37-35-33-31-29-27-25-23-21-19-17-15-13-11-9-2/h22-25H,8-21,26-47H2,1-7H3,(H,48,51)/q+2/b24-22-,25-23-. The van der Waals surface area contributed by atoms with E-state index in [4.69, 9.17) is 9.05 Å². The van der Waals surface area contributed by atoms with Crippen LogP contribution in [0.2, 0.25) is 0 Å². The molecular weight excluding hydrogens is 686 g/mol. The third kappa shape index (κ3) is 41.2. The Morgan fingerprint density at radius 1 is 0.426 bits per heavy atom.